The van der Waals surface area contributed by atoms with Gasteiger partial charge in [-0.05, 0) is 12.1 Å². The van der Waals surface area contributed by atoms with E-state index >= 15 is 0 Å². The van der Waals surface area contributed by atoms with Crippen LogP contribution in [-0.4, -0.2) is 51.3 Å². The highest BCUT2D eigenvalue weighted by Gasteiger charge is 2.19. The van der Waals surface area contributed by atoms with E-state index in [4.69, 9.17) is 11.6 Å². The summed E-state index contributed by atoms with van der Waals surface area (Å²) in [5, 5.41) is 9.71. The predicted octanol–water partition coefficient (Wildman–Crippen LogP) is 0.840. The Hall–Kier alpha value is -0.810. The lowest BCUT2D eigenvalue weighted by atomic mass is 10.2. The number of alkyl halides is 1. The van der Waals surface area contributed by atoms with Gasteiger partial charge in [0.2, 0.25) is 0 Å². The van der Waals surface area contributed by atoms with Gasteiger partial charge in [0.15, 0.2) is 0 Å². The lowest BCUT2D eigenvalue weighted by Gasteiger charge is -2.34. The van der Waals surface area contributed by atoms with Crippen molar-refractivity contribution in [1.29, 1.82) is 0 Å². The first kappa shape index (κ1) is 14.6. The Labute approximate surface area is 120 Å². The van der Waals surface area contributed by atoms with E-state index in [2.05, 4.69) is 33.0 Å². The Kier molecular flexibility index (Phi) is 6.44. The zero-order chi connectivity index (χ0) is 13.3. The average molecular weight is 283 g/mol. The van der Waals surface area contributed by atoms with Crippen molar-refractivity contribution < 1.29 is 0 Å². The van der Waals surface area contributed by atoms with Crippen LogP contribution >= 0.6 is 11.6 Å². The third-order valence-electron chi connectivity index (χ3n) is 3.23. The number of hydrogen-bond acceptors (Lipinski definition) is 4. The lowest BCUT2D eigenvalue weighted by Crippen LogP contribution is -2.48. The topological polar surface area (TPSA) is 39.3 Å². The van der Waals surface area contributed by atoms with Gasteiger partial charge in [0, 0.05) is 51.5 Å². The second kappa shape index (κ2) is 8.38. The molecule has 1 aromatic rings. The second-order valence-corrected chi connectivity index (χ2v) is 5.17. The van der Waals surface area contributed by atoms with E-state index in [9.17, 15) is 0 Å². The van der Waals surface area contributed by atoms with Gasteiger partial charge in [-0.25, -0.2) is 0 Å². The fourth-order valence-electron chi connectivity index (χ4n) is 2.18. The van der Waals surface area contributed by atoms with Crippen molar-refractivity contribution in [2.24, 2.45) is 0 Å². The Morgan fingerprint density at radius 3 is 2.05 bits per heavy atom. The number of benzene rings is 1. The number of rotatable bonds is 1. The van der Waals surface area contributed by atoms with Crippen molar-refractivity contribution in [1.82, 2.24) is 16.0 Å². The highest BCUT2D eigenvalue weighted by Crippen LogP contribution is 2.19. The molecule has 1 atom stereocenters. The summed E-state index contributed by atoms with van der Waals surface area (Å²) in [7, 11) is 0. The van der Waals surface area contributed by atoms with Gasteiger partial charge in [0.25, 0.3) is 0 Å². The number of nitrogens with one attached hydrogen (secondary N) is 3. The van der Waals surface area contributed by atoms with Gasteiger partial charge in [-0.1, -0.05) is 29.8 Å². The van der Waals surface area contributed by atoms with E-state index < -0.39 is 0 Å². The molecule has 1 unspecified atom stereocenters. The molecule has 2 fully saturated rings. The van der Waals surface area contributed by atoms with Crippen LogP contribution in [-0.2, 0) is 0 Å². The Balaban J connectivity index is 0.000000186. The van der Waals surface area contributed by atoms with Crippen LogP contribution in [0.25, 0.3) is 0 Å². The normalized spacial score (nSPS) is 23.4. The molecule has 106 valence electrons. The molecule has 2 aliphatic heterocycles. The maximum absolute atomic E-state index is 6.18. The van der Waals surface area contributed by atoms with E-state index in [-0.39, 0.29) is 5.50 Å². The van der Waals surface area contributed by atoms with Gasteiger partial charge in [0.05, 0.1) is 0 Å². The maximum Gasteiger partial charge on any atom is 0.116 e. The van der Waals surface area contributed by atoms with Crippen molar-refractivity contribution in [2.45, 2.75) is 5.50 Å². The number of halogens is 1. The van der Waals surface area contributed by atoms with E-state index in [0.29, 0.717) is 0 Å². The number of piperazine rings is 2. The minimum Gasteiger partial charge on any atom is -0.353 e. The summed E-state index contributed by atoms with van der Waals surface area (Å²) in [6, 6.07) is 10.3. The molecule has 0 amide bonds. The van der Waals surface area contributed by atoms with Crippen molar-refractivity contribution in [3.63, 3.8) is 0 Å². The summed E-state index contributed by atoms with van der Waals surface area (Å²) in [5.41, 5.74) is 1.29. The van der Waals surface area contributed by atoms with Crippen LogP contribution in [0.15, 0.2) is 30.3 Å². The van der Waals surface area contributed by atoms with Crippen molar-refractivity contribution in [3.05, 3.63) is 30.3 Å². The number of hydrogen-bond donors (Lipinski definition) is 3. The molecule has 3 N–H and O–H groups in total. The molecule has 19 heavy (non-hydrogen) atoms. The monoisotopic (exact) mass is 282 g/mol. The van der Waals surface area contributed by atoms with Crippen LogP contribution < -0.4 is 20.9 Å². The number of para-hydroxylation sites is 1. The molecular formula is C14H23ClN4. The second-order valence-electron chi connectivity index (χ2n) is 4.67. The molecule has 2 heterocycles. The van der Waals surface area contributed by atoms with Crippen molar-refractivity contribution >= 4 is 17.3 Å². The fraction of sp³-hybridized carbons (Fsp3) is 0.571. The highest BCUT2D eigenvalue weighted by atomic mass is 35.5. The summed E-state index contributed by atoms with van der Waals surface area (Å²) in [6.45, 7) is 7.41. The van der Waals surface area contributed by atoms with Crippen LogP contribution in [0, 0.1) is 0 Å². The first-order chi connectivity index (χ1) is 9.38. The molecule has 2 saturated heterocycles. The van der Waals surface area contributed by atoms with Gasteiger partial charge in [-0.15, -0.1) is 0 Å². The first-order valence-corrected chi connectivity index (χ1v) is 7.39. The van der Waals surface area contributed by atoms with Crippen molar-refractivity contribution in [3.8, 4) is 0 Å². The Morgan fingerprint density at radius 1 is 0.895 bits per heavy atom. The molecule has 0 spiro atoms. The minimum atomic E-state index is 0.0798. The largest absolute Gasteiger partial charge is 0.353 e. The van der Waals surface area contributed by atoms with E-state index in [0.717, 1.165) is 45.8 Å². The van der Waals surface area contributed by atoms with Crippen LogP contribution in [0.2, 0.25) is 0 Å². The first-order valence-electron chi connectivity index (χ1n) is 6.96. The summed E-state index contributed by atoms with van der Waals surface area (Å²) < 4.78 is 0. The lowest BCUT2D eigenvalue weighted by molar-refractivity contribution is 0.534. The van der Waals surface area contributed by atoms with Gasteiger partial charge in [-0.2, -0.15) is 0 Å². The fourth-order valence-corrected chi connectivity index (χ4v) is 2.50. The number of anilines is 1. The molecule has 1 aromatic carbocycles. The molecule has 3 rings (SSSR count). The van der Waals surface area contributed by atoms with Gasteiger partial charge >= 0.3 is 0 Å². The number of nitrogens with zero attached hydrogens (tertiary/aromatic N) is 1. The molecule has 0 saturated carbocycles. The molecular weight excluding hydrogens is 260 g/mol. The summed E-state index contributed by atoms with van der Waals surface area (Å²) in [5.74, 6) is 0. The standard InChI is InChI=1S/C10H13ClN2.C4H10N2/c11-10-8-12-6-7-13(10)9-4-2-1-3-5-9;1-2-6-4-3-5-1/h1-5,10,12H,6-8H2;5-6H,1-4H2. The predicted molar refractivity (Wildman–Crippen MR) is 82.0 cm³/mol. The zero-order valence-corrected chi connectivity index (χ0v) is 12.0. The molecule has 4 nitrogen and oxygen atoms in total. The van der Waals surface area contributed by atoms with Crippen molar-refractivity contribution in [2.75, 3.05) is 50.7 Å². The third-order valence-corrected chi connectivity index (χ3v) is 3.62. The van der Waals surface area contributed by atoms with E-state index in [1.165, 1.54) is 5.69 Å². The Bertz CT molecular complexity index is 331. The van der Waals surface area contributed by atoms with Gasteiger partial charge in [0.1, 0.15) is 5.50 Å². The molecule has 0 bridgehead atoms. The smallest absolute Gasteiger partial charge is 0.116 e. The molecule has 0 radical (unpaired) electrons. The molecule has 5 heteroatoms. The summed E-state index contributed by atoms with van der Waals surface area (Å²) in [6.07, 6.45) is 0. The molecule has 0 aliphatic carbocycles. The molecule has 0 aromatic heterocycles. The summed E-state index contributed by atoms with van der Waals surface area (Å²) in [4.78, 5) is 2.22. The average Bonchev–Trinajstić information content (AvgIpc) is 2.51. The quantitative estimate of drug-likeness (QED) is 0.527. The van der Waals surface area contributed by atoms with Gasteiger partial charge < -0.3 is 20.9 Å². The zero-order valence-electron chi connectivity index (χ0n) is 11.2. The van der Waals surface area contributed by atoms with Crippen LogP contribution in [0.5, 0.6) is 0 Å². The Morgan fingerprint density at radius 2 is 1.53 bits per heavy atom. The molecule has 2 aliphatic rings. The SMILES string of the molecule is C1CNCCN1.ClC1CNCCN1c1ccccc1. The van der Waals surface area contributed by atoms with Crippen LogP contribution in [0.4, 0.5) is 5.69 Å². The minimum absolute atomic E-state index is 0.0798. The van der Waals surface area contributed by atoms with Crippen LogP contribution in [0.3, 0.4) is 0 Å². The summed E-state index contributed by atoms with van der Waals surface area (Å²) >= 11 is 6.18. The van der Waals surface area contributed by atoms with Gasteiger partial charge in [-0.3, -0.25) is 0 Å². The highest BCUT2D eigenvalue weighted by molar-refractivity contribution is 6.22. The maximum atomic E-state index is 6.18. The third kappa shape index (κ3) is 4.99. The van der Waals surface area contributed by atoms with E-state index in [1.54, 1.807) is 0 Å². The van der Waals surface area contributed by atoms with Crippen LogP contribution in [0.1, 0.15) is 0 Å². The van der Waals surface area contributed by atoms with E-state index in [1.807, 2.05) is 18.2 Å².